The van der Waals surface area contributed by atoms with Crippen molar-refractivity contribution in [3.8, 4) is 0 Å². The van der Waals surface area contributed by atoms with Crippen LogP contribution in [0.3, 0.4) is 0 Å². The van der Waals surface area contributed by atoms with E-state index in [1.807, 2.05) is 38.1 Å². The van der Waals surface area contributed by atoms with Crippen molar-refractivity contribution in [3.05, 3.63) is 65.4 Å². The number of para-hydroxylation sites is 1. The summed E-state index contributed by atoms with van der Waals surface area (Å²) >= 11 is 0. The highest BCUT2D eigenvalue weighted by Gasteiger charge is 2.18. The summed E-state index contributed by atoms with van der Waals surface area (Å²) in [7, 11) is 3.37. The first-order valence-electron chi connectivity index (χ1n) is 8.74. The molecule has 1 aromatic heterocycles. The quantitative estimate of drug-likeness (QED) is 0.723. The molecule has 6 heteroatoms. The number of nitrogens with zero attached hydrogens (tertiary/aromatic N) is 1. The Kier molecular flexibility index (Phi) is 5.16. The second-order valence-corrected chi connectivity index (χ2v) is 6.69. The van der Waals surface area contributed by atoms with E-state index in [0.29, 0.717) is 11.3 Å². The summed E-state index contributed by atoms with van der Waals surface area (Å²) in [5.41, 5.74) is 2.87. The number of benzene rings is 2. The molecule has 140 valence electrons. The van der Waals surface area contributed by atoms with Gasteiger partial charge < -0.3 is 20.0 Å². The topological polar surface area (TPSA) is 74.6 Å². The van der Waals surface area contributed by atoms with Crippen LogP contribution in [-0.2, 0) is 0 Å². The van der Waals surface area contributed by atoms with Gasteiger partial charge in [-0.3, -0.25) is 4.79 Å². The zero-order valence-corrected chi connectivity index (χ0v) is 15.9. The summed E-state index contributed by atoms with van der Waals surface area (Å²) in [6.45, 7) is 3.85. The average molecular weight is 365 g/mol. The Morgan fingerprint density at radius 3 is 2.52 bits per heavy atom. The fourth-order valence-corrected chi connectivity index (χ4v) is 3.02. The lowest BCUT2D eigenvalue weighted by atomic mass is 10.1. The molecule has 1 atom stereocenters. The van der Waals surface area contributed by atoms with Gasteiger partial charge in [0, 0.05) is 36.3 Å². The number of fused-ring (bicyclic) bond motifs is 1. The molecule has 3 aromatic rings. The van der Waals surface area contributed by atoms with Gasteiger partial charge in [0.2, 0.25) is 0 Å². The molecule has 2 N–H and O–H groups in total. The van der Waals surface area contributed by atoms with Gasteiger partial charge in [-0.05, 0) is 38.1 Å². The lowest BCUT2D eigenvalue weighted by Gasteiger charge is -2.15. The van der Waals surface area contributed by atoms with Gasteiger partial charge in [0.15, 0.2) is 0 Å². The first-order chi connectivity index (χ1) is 12.9. The fraction of sp³-hybridized carbons (Fsp3) is 0.238. The minimum Gasteiger partial charge on any atom is -0.459 e. The summed E-state index contributed by atoms with van der Waals surface area (Å²) in [5.74, 6) is 0.605. The summed E-state index contributed by atoms with van der Waals surface area (Å²) in [5, 5.41) is 6.68. The summed E-state index contributed by atoms with van der Waals surface area (Å²) in [6.07, 6.45) is 0. The number of carbonyl (C=O) groups excluding carboxylic acids is 2. The first-order valence-corrected chi connectivity index (χ1v) is 8.74. The Bertz CT molecular complexity index is 991. The number of carbonyl (C=O) groups is 2. The van der Waals surface area contributed by atoms with Crippen molar-refractivity contribution < 1.29 is 14.0 Å². The van der Waals surface area contributed by atoms with Gasteiger partial charge in [-0.15, -0.1) is 0 Å². The lowest BCUT2D eigenvalue weighted by molar-refractivity contribution is 0.0827. The second kappa shape index (κ2) is 7.53. The number of hydrogen-bond acceptors (Lipinski definition) is 3. The number of hydrogen-bond donors (Lipinski definition) is 2. The van der Waals surface area contributed by atoms with E-state index in [4.69, 9.17) is 4.42 Å². The van der Waals surface area contributed by atoms with Gasteiger partial charge in [0.1, 0.15) is 11.3 Å². The lowest BCUT2D eigenvalue weighted by Crippen LogP contribution is -2.31. The van der Waals surface area contributed by atoms with Crippen molar-refractivity contribution in [2.45, 2.75) is 19.9 Å². The predicted octanol–water partition coefficient (Wildman–Crippen LogP) is 4.33. The van der Waals surface area contributed by atoms with Crippen molar-refractivity contribution in [2.24, 2.45) is 0 Å². The van der Waals surface area contributed by atoms with Gasteiger partial charge in [-0.2, -0.15) is 0 Å². The Hall–Kier alpha value is -3.28. The van der Waals surface area contributed by atoms with Gasteiger partial charge in [0.25, 0.3) is 5.91 Å². The van der Waals surface area contributed by atoms with Crippen LogP contribution in [0.1, 0.15) is 34.6 Å². The standard InChI is InChI=1S/C21H23N3O3/c1-13-17-10-5-6-11-18(17)27-19(13)14(2)22-21(26)23-16-9-7-8-15(12-16)20(25)24(3)4/h5-12,14H,1-4H3,(H2,22,23,26)/t14-/m0/s1. The van der Waals surface area contributed by atoms with Gasteiger partial charge in [0.05, 0.1) is 6.04 Å². The van der Waals surface area contributed by atoms with E-state index in [1.54, 1.807) is 38.4 Å². The summed E-state index contributed by atoms with van der Waals surface area (Å²) in [6, 6.07) is 14.0. The minimum absolute atomic E-state index is 0.120. The van der Waals surface area contributed by atoms with E-state index >= 15 is 0 Å². The number of anilines is 1. The molecule has 0 bridgehead atoms. The van der Waals surface area contributed by atoms with Crippen LogP contribution < -0.4 is 10.6 Å². The number of amides is 3. The Morgan fingerprint density at radius 1 is 1.07 bits per heavy atom. The van der Waals surface area contributed by atoms with Gasteiger partial charge >= 0.3 is 6.03 Å². The largest absolute Gasteiger partial charge is 0.459 e. The Labute approximate surface area is 158 Å². The van der Waals surface area contributed by atoms with Crippen molar-refractivity contribution in [1.29, 1.82) is 0 Å². The normalized spacial score (nSPS) is 11.9. The van der Waals surface area contributed by atoms with Crippen LogP contribution in [0.25, 0.3) is 11.0 Å². The third-order valence-corrected chi connectivity index (χ3v) is 4.40. The highest BCUT2D eigenvalue weighted by atomic mass is 16.3. The molecule has 0 fully saturated rings. The third kappa shape index (κ3) is 3.95. The molecule has 0 unspecified atom stereocenters. The highest BCUT2D eigenvalue weighted by Crippen LogP contribution is 2.29. The molecule has 0 aliphatic rings. The summed E-state index contributed by atoms with van der Waals surface area (Å²) < 4.78 is 5.90. The minimum atomic E-state index is -0.364. The molecule has 6 nitrogen and oxygen atoms in total. The van der Waals surface area contributed by atoms with Gasteiger partial charge in [-0.1, -0.05) is 24.3 Å². The molecule has 0 aliphatic heterocycles. The zero-order valence-electron chi connectivity index (χ0n) is 15.9. The van der Waals surface area contributed by atoms with Crippen LogP contribution in [0, 0.1) is 6.92 Å². The van der Waals surface area contributed by atoms with E-state index in [9.17, 15) is 9.59 Å². The maximum Gasteiger partial charge on any atom is 0.319 e. The number of rotatable bonds is 4. The molecule has 0 radical (unpaired) electrons. The van der Waals surface area contributed by atoms with Crippen LogP contribution in [-0.4, -0.2) is 30.9 Å². The van der Waals surface area contributed by atoms with Crippen molar-refractivity contribution in [3.63, 3.8) is 0 Å². The van der Waals surface area contributed by atoms with E-state index < -0.39 is 0 Å². The molecule has 27 heavy (non-hydrogen) atoms. The smallest absolute Gasteiger partial charge is 0.319 e. The molecule has 3 amide bonds. The van der Waals surface area contributed by atoms with Crippen molar-refractivity contribution in [2.75, 3.05) is 19.4 Å². The van der Waals surface area contributed by atoms with Crippen LogP contribution >= 0.6 is 0 Å². The zero-order chi connectivity index (χ0) is 19.6. The molecular formula is C21H23N3O3. The maximum atomic E-state index is 12.4. The predicted molar refractivity (Wildman–Crippen MR) is 106 cm³/mol. The average Bonchev–Trinajstić information content (AvgIpc) is 2.98. The van der Waals surface area contributed by atoms with Crippen LogP contribution in [0.5, 0.6) is 0 Å². The van der Waals surface area contributed by atoms with E-state index in [-0.39, 0.29) is 18.0 Å². The van der Waals surface area contributed by atoms with Crippen molar-refractivity contribution >= 4 is 28.6 Å². The van der Waals surface area contributed by atoms with E-state index in [0.717, 1.165) is 22.3 Å². The third-order valence-electron chi connectivity index (χ3n) is 4.40. The van der Waals surface area contributed by atoms with Crippen LogP contribution in [0.15, 0.2) is 52.9 Å². The molecule has 0 aliphatic carbocycles. The highest BCUT2D eigenvalue weighted by molar-refractivity contribution is 5.96. The molecular weight excluding hydrogens is 342 g/mol. The Morgan fingerprint density at radius 2 is 1.81 bits per heavy atom. The molecule has 0 saturated heterocycles. The SMILES string of the molecule is Cc1c([C@H](C)NC(=O)Nc2cccc(C(=O)N(C)C)c2)oc2ccccc12. The van der Waals surface area contributed by atoms with E-state index in [1.165, 1.54) is 4.90 Å². The number of furan rings is 1. The number of urea groups is 1. The number of aryl methyl sites for hydroxylation is 1. The first kappa shape index (κ1) is 18.5. The van der Waals surface area contributed by atoms with Crippen molar-refractivity contribution in [1.82, 2.24) is 10.2 Å². The van der Waals surface area contributed by atoms with Crippen LogP contribution in [0.4, 0.5) is 10.5 Å². The monoisotopic (exact) mass is 365 g/mol. The van der Waals surface area contributed by atoms with E-state index in [2.05, 4.69) is 10.6 Å². The molecule has 2 aromatic carbocycles. The molecule has 3 rings (SSSR count). The number of nitrogens with one attached hydrogen (secondary N) is 2. The second-order valence-electron chi connectivity index (χ2n) is 6.69. The van der Waals surface area contributed by atoms with Gasteiger partial charge in [-0.25, -0.2) is 4.79 Å². The molecule has 0 saturated carbocycles. The maximum absolute atomic E-state index is 12.4. The molecule has 0 spiro atoms. The summed E-state index contributed by atoms with van der Waals surface area (Å²) in [4.78, 5) is 25.9. The van der Waals surface area contributed by atoms with Crippen LogP contribution in [0.2, 0.25) is 0 Å². The fourth-order valence-electron chi connectivity index (χ4n) is 3.02. The molecule has 1 heterocycles. The Balaban J connectivity index is 1.71.